The van der Waals surface area contributed by atoms with E-state index in [0.29, 0.717) is 38.8 Å². The van der Waals surface area contributed by atoms with Gasteiger partial charge in [0.15, 0.2) is 0 Å². The Bertz CT molecular complexity index is 1570. The molecule has 10 heteroatoms. The second-order valence-corrected chi connectivity index (χ2v) is 14.1. The topological polar surface area (TPSA) is 149 Å². The standard InChI is InChI=1S/C41H54N4O6/c1-3-27(2)37-41(50)42-20-10-5-11-21-51-33-18-16-29(17-19-33)23-35(40(49)44-37)43-26-32(46)24-31(22-28-12-6-4-7-13-28)39(48)45-38-34-15-9-8-14-30(34)25-36(38)47/h4,6-9,12-19,27,31-32,35-38,43,46-47H,3,5,10-11,20-26H2,1-2H3,(H,42,50)(H,44,49)(H,45,48)/t27-,31+,32-,35-,36+,37-,38-/m0/s1. The van der Waals surface area contributed by atoms with E-state index in [-0.39, 0.29) is 36.6 Å². The highest BCUT2D eigenvalue weighted by atomic mass is 16.5. The molecule has 2 aliphatic heterocycles. The minimum Gasteiger partial charge on any atom is -0.494 e. The van der Waals surface area contributed by atoms with Crippen LogP contribution < -0.4 is 26.0 Å². The summed E-state index contributed by atoms with van der Waals surface area (Å²) in [6.45, 7) is 5.11. The molecule has 3 aromatic carbocycles. The lowest BCUT2D eigenvalue weighted by atomic mass is 9.91. The van der Waals surface area contributed by atoms with Crippen molar-refractivity contribution in [1.82, 2.24) is 21.3 Å². The van der Waals surface area contributed by atoms with Gasteiger partial charge in [0.05, 0.1) is 30.9 Å². The highest BCUT2D eigenvalue weighted by Gasteiger charge is 2.35. The number of benzene rings is 3. The third-order valence-corrected chi connectivity index (χ3v) is 10.2. The zero-order valence-electron chi connectivity index (χ0n) is 29.9. The van der Waals surface area contributed by atoms with E-state index in [2.05, 4.69) is 21.3 Å². The lowest BCUT2D eigenvalue weighted by Crippen LogP contribution is -2.56. The number of rotatable bonds is 11. The molecule has 10 nitrogen and oxygen atoms in total. The molecule has 0 radical (unpaired) electrons. The minimum absolute atomic E-state index is 0.0485. The van der Waals surface area contributed by atoms with Crippen LogP contribution in [-0.2, 0) is 33.6 Å². The molecule has 0 fully saturated rings. The summed E-state index contributed by atoms with van der Waals surface area (Å²) >= 11 is 0. The number of hydrogen-bond acceptors (Lipinski definition) is 7. The van der Waals surface area contributed by atoms with Crippen molar-refractivity contribution in [3.05, 3.63) is 101 Å². The van der Waals surface area contributed by atoms with Crippen LogP contribution in [0.1, 0.15) is 74.2 Å². The van der Waals surface area contributed by atoms with Gasteiger partial charge in [0.1, 0.15) is 11.8 Å². The number of carbonyl (C=O) groups is 3. The molecule has 6 N–H and O–H groups in total. The Balaban J connectivity index is 1.30. The van der Waals surface area contributed by atoms with Gasteiger partial charge in [-0.05, 0) is 78.8 Å². The van der Waals surface area contributed by atoms with E-state index in [9.17, 15) is 24.6 Å². The van der Waals surface area contributed by atoms with Gasteiger partial charge >= 0.3 is 0 Å². The van der Waals surface area contributed by atoms with Gasteiger partial charge in [0.25, 0.3) is 0 Å². The van der Waals surface area contributed by atoms with E-state index in [1.165, 1.54) is 0 Å². The number of aliphatic hydroxyl groups is 2. The van der Waals surface area contributed by atoms with E-state index in [1.807, 2.05) is 92.7 Å². The maximum Gasteiger partial charge on any atom is 0.242 e. The summed E-state index contributed by atoms with van der Waals surface area (Å²) < 4.78 is 5.90. The first-order chi connectivity index (χ1) is 24.7. The number of hydrogen-bond donors (Lipinski definition) is 6. The maximum atomic E-state index is 13.9. The van der Waals surface area contributed by atoms with Crippen molar-refractivity contribution in [3.63, 3.8) is 0 Å². The predicted molar refractivity (Wildman–Crippen MR) is 197 cm³/mol. The van der Waals surface area contributed by atoms with Crippen molar-refractivity contribution in [2.24, 2.45) is 11.8 Å². The summed E-state index contributed by atoms with van der Waals surface area (Å²) in [5, 5.41) is 34.6. The van der Waals surface area contributed by atoms with Crippen molar-refractivity contribution in [3.8, 4) is 5.75 Å². The Labute approximate surface area is 301 Å². The molecule has 6 rings (SSSR count). The molecule has 2 bridgehead atoms. The maximum absolute atomic E-state index is 13.9. The summed E-state index contributed by atoms with van der Waals surface area (Å²) in [5.74, 6) is -0.705. The van der Waals surface area contributed by atoms with Gasteiger partial charge in [-0.1, -0.05) is 87.0 Å². The monoisotopic (exact) mass is 698 g/mol. The summed E-state index contributed by atoms with van der Waals surface area (Å²) in [5.41, 5.74) is 3.77. The second-order valence-electron chi connectivity index (χ2n) is 14.1. The molecule has 2 heterocycles. The second kappa shape index (κ2) is 18.8. The molecule has 274 valence electrons. The third-order valence-electron chi connectivity index (χ3n) is 10.2. The van der Waals surface area contributed by atoms with Crippen LogP contribution >= 0.6 is 0 Å². The minimum atomic E-state index is -0.966. The number of nitrogens with one attached hydrogen (secondary N) is 4. The van der Waals surface area contributed by atoms with Crippen LogP contribution in [-0.4, -0.2) is 71.9 Å². The molecular formula is C41H54N4O6. The Kier molecular flexibility index (Phi) is 14.0. The molecule has 3 amide bonds. The van der Waals surface area contributed by atoms with E-state index < -0.39 is 36.3 Å². The summed E-state index contributed by atoms with van der Waals surface area (Å²) in [7, 11) is 0. The number of amides is 3. The quantitative estimate of drug-likeness (QED) is 0.179. The fraction of sp³-hybridized carbons (Fsp3) is 0.488. The number of aliphatic hydroxyl groups excluding tert-OH is 2. The number of carbonyl (C=O) groups excluding carboxylic acids is 3. The molecule has 51 heavy (non-hydrogen) atoms. The molecular weight excluding hydrogens is 644 g/mol. The Morgan fingerprint density at radius 3 is 2.45 bits per heavy atom. The fourth-order valence-corrected chi connectivity index (χ4v) is 6.98. The Morgan fingerprint density at radius 2 is 1.69 bits per heavy atom. The van der Waals surface area contributed by atoms with Crippen molar-refractivity contribution < 1.29 is 29.3 Å². The largest absolute Gasteiger partial charge is 0.494 e. The van der Waals surface area contributed by atoms with Gasteiger partial charge in [0, 0.05) is 25.4 Å². The average molecular weight is 699 g/mol. The average Bonchev–Trinajstić information content (AvgIpc) is 3.45. The summed E-state index contributed by atoms with van der Waals surface area (Å²) in [6.07, 6.45) is 2.94. The van der Waals surface area contributed by atoms with E-state index in [0.717, 1.165) is 47.3 Å². The molecule has 0 saturated heterocycles. The van der Waals surface area contributed by atoms with Crippen LogP contribution in [0.3, 0.4) is 0 Å². The first-order valence-corrected chi connectivity index (χ1v) is 18.5. The lowest BCUT2D eigenvalue weighted by Gasteiger charge is -2.28. The SMILES string of the molecule is CC[C@H](C)[C@@H]1NC(=O)[C@@H](NC[C@@H](O)C[C@@H](Cc2ccccc2)C(=O)N[C@H]2c3ccccc3C[C@H]2O)Cc2ccc(cc2)OCCCCCNC1=O. The molecule has 0 spiro atoms. The summed E-state index contributed by atoms with van der Waals surface area (Å²) in [4.78, 5) is 41.0. The van der Waals surface area contributed by atoms with E-state index in [4.69, 9.17) is 4.74 Å². The zero-order chi connectivity index (χ0) is 36.2. The van der Waals surface area contributed by atoms with Gasteiger partial charge in [-0.3, -0.25) is 14.4 Å². The van der Waals surface area contributed by atoms with Crippen LogP contribution in [0.15, 0.2) is 78.9 Å². The van der Waals surface area contributed by atoms with Crippen LogP contribution in [0.4, 0.5) is 0 Å². The van der Waals surface area contributed by atoms with Crippen molar-refractivity contribution in [2.75, 3.05) is 19.7 Å². The lowest BCUT2D eigenvalue weighted by molar-refractivity contribution is -0.131. The fourth-order valence-electron chi connectivity index (χ4n) is 6.98. The summed E-state index contributed by atoms with van der Waals surface area (Å²) in [6, 6.07) is 23.1. The van der Waals surface area contributed by atoms with Crippen molar-refractivity contribution >= 4 is 17.7 Å². The Morgan fingerprint density at radius 1 is 0.941 bits per heavy atom. The molecule has 7 atom stereocenters. The number of fused-ring (bicyclic) bond motifs is 15. The van der Waals surface area contributed by atoms with Gasteiger partial charge in [-0.15, -0.1) is 0 Å². The van der Waals surface area contributed by atoms with Crippen LogP contribution in [0, 0.1) is 11.8 Å². The Hall–Kier alpha value is -4.25. The molecule has 0 unspecified atom stereocenters. The first kappa shape index (κ1) is 38.0. The van der Waals surface area contributed by atoms with Crippen LogP contribution in [0.25, 0.3) is 0 Å². The third kappa shape index (κ3) is 10.9. The van der Waals surface area contributed by atoms with Gasteiger partial charge in [-0.2, -0.15) is 0 Å². The molecule has 1 aliphatic carbocycles. The highest BCUT2D eigenvalue weighted by molar-refractivity contribution is 5.90. The predicted octanol–water partition coefficient (Wildman–Crippen LogP) is 3.78. The van der Waals surface area contributed by atoms with Crippen LogP contribution in [0.2, 0.25) is 0 Å². The van der Waals surface area contributed by atoms with Crippen LogP contribution in [0.5, 0.6) is 5.75 Å². The zero-order valence-corrected chi connectivity index (χ0v) is 29.9. The molecule has 3 aliphatic rings. The highest BCUT2D eigenvalue weighted by Crippen LogP contribution is 2.32. The number of ether oxygens (including phenoxy) is 1. The molecule has 3 aromatic rings. The van der Waals surface area contributed by atoms with Crippen molar-refractivity contribution in [2.45, 2.75) is 95.5 Å². The smallest absolute Gasteiger partial charge is 0.242 e. The normalized spacial score (nSPS) is 23.1. The van der Waals surface area contributed by atoms with E-state index >= 15 is 0 Å². The van der Waals surface area contributed by atoms with E-state index in [1.54, 1.807) is 0 Å². The molecule has 0 aromatic heterocycles. The van der Waals surface area contributed by atoms with Gasteiger partial charge in [-0.25, -0.2) is 0 Å². The first-order valence-electron chi connectivity index (χ1n) is 18.5. The molecule has 0 saturated carbocycles. The van der Waals surface area contributed by atoms with Crippen molar-refractivity contribution in [1.29, 1.82) is 0 Å². The van der Waals surface area contributed by atoms with Gasteiger partial charge < -0.3 is 36.2 Å². The van der Waals surface area contributed by atoms with Gasteiger partial charge in [0.2, 0.25) is 17.7 Å².